The Morgan fingerprint density at radius 3 is 2.76 bits per heavy atom. The van der Waals surface area contributed by atoms with Crippen molar-refractivity contribution in [3.63, 3.8) is 0 Å². The Labute approximate surface area is 173 Å². The molecule has 0 unspecified atom stereocenters. The van der Waals surface area contributed by atoms with Gasteiger partial charge in [-0.05, 0) is 44.4 Å². The molecule has 29 heavy (non-hydrogen) atoms. The summed E-state index contributed by atoms with van der Waals surface area (Å²) in [7, 11) is 3.59. The fourth-order valence-electron chi connectivity index (χ4n) is 2.73. The fraction of sp³-hybridized carbons (Fsp3) is 0.476. The van der Waals surface area contributed by atoms with Gasteiger partial charge < -0.3 is 24.7 Å². The smallest absolute Gasteiger partial charge is 0.191 e. The van der Waals surface area contributed by atoms with Crippen LogP contribution in [0.1, 0.15) is 30.6 Å². The number of benzene rings is 1. The van der Waals surface area contributed by atoms with Crippen LogP contribution in [0.25, 0.3) is 0 Å². The van der Waals surface area contributed by atoms with Crippen LogP contribution in [-0.4, -0.2) is 47.5 Å². The largest absolute Gasteiger partial charge is 0.493 e. The molecular formula is C21H32N6O2. The Kier molecular flexibility index (Phi) is 9.01. The topological polar surface area (TPSA) is 85.6 Å². The molecule has 158 valence electrons. The second-order valence-corrected chi connectivity index (χ2v) is 6.51. The van der Waals surface area contributed by atoms with Gasteiger partial charge in [0.1, 0.15) is 12.4 Å². The first kappa shape index (κ1) is 22.3. The summed E-state index contributed by atoms with van der Waals surface area (Å²) < 4.78 is 12.9. The quantitative estimate of drug-likeness (QED) is 0.261. The van der Waals surface area contributed by atoms with E-state index in [0.29, 0.717) is 19.7 Å². The third-order valence-corrected chi connectivity index (χ3v) is 4.44. The zero-order chi connectivity index (χ0) is 21.1. The van der Waals surface area contributed by atoms with Gasteiger partial charge in [0.05, 0.1) is 13.7 Å². The molecule has 1 heterocycles. The lowest BCUT2D eigenvalue weighted by atomic mass is 10.1. The molecule has 2 rings (SSSR count). The van der Waals surface area contributed by atoms with Gasteiger partial charge >= 0.3 is 0 Å². The van der Waals surface area contributed by atoms with Gasteiger partial charge in [0, 0.05) is 20.1 Å². The molecule has 8 nitrogen and oxygen atoms in total. The molecule has 0 bridgehead atoms. The minimum absolute atomic E-state index is 0.458. The lowest BCUT2D eigenvalue weighted by Gasteiger charge is -2.13. The van der Waals surface area contributed by atoms with Crippen LogP contribution in [-0.2, 0) is 20.0 Å². The minimum atomic E-state index is 0.458. The van der Waals surface area contributed by atoms with E-state index in [0.717, 1.165) is 48.5 Å². The van der Waals surface area contributed by atoms with Crippen molar-refractivity contribution in [1.82, 2.24) is 25.4 Å². The highest BCUT2D eigenvalue weighted by molar-refractivity contribution is 5.79. The van der Waals surface area contributed by atoms with E-state index in [4.69, 9.17) is 9.47 Å². The molecule has 1 aromatic carbocycles. The van der Waals surface area contributed by atoms with E-state index in [9.17, 15) is 0 Å². The number of hydrogen-bond acceptors (Lipinski definition) is 5. The van der Waals surface area contributed by atoms with Gasteiger partial charge in [0.15, 0.2) is 23.3 Å². The molecule has 0 saturated heterocycles. The lowest BCUT2D eigenvalue weighted by molar-refractivity contribution is 0.310. The van der Waals surface area contributed by atoms with Crippen LogP contribution in [0.2, 0.25) is 0 Å². The average Bonchev–Trinajstić information content (AvgIpc) is 3.05. The van der Waals surface area contributed by atoms with Gasteiger partial charge in [-0.3, -0.25) is 0 Å². The molecule has 1 aromatic heterocycles. The van der Waals surface area contributed by atoms with Gasteiger partial charge in [-0.1, -0.05) is 12.1 Å². The van der Waals surface area contributed by atoms with Gasteiger partial charge in [-0.15, -0.1) is 16.8 Å². The van der Waals surface area contributed by atoms with Crippen LogP contribution in [0.15, 0.2) is 35.8 Å². The van der Waals surface area contributed by atoms with Crippen LogP contribution in [0.3, 0.4) is 0 Å². The molecule has 0 fully saturated rings. The van der Waals surface area contributed by atoms with Crippen LogP contribution in [0.4, 0.5) is 0 Å². The Morgan fingerprint density at radius 2 is 2.10 bits per heavy atom. The first-order chi connectivity index (χ1) is 14.1. The van der Waals surface area contributed by atoms with Gasteiger partial charge in [0.2, 0.25) is 0 Å². The molecule has 0 amide bonds. The maximum absolute atomic E-state index is 5.65. The van der Waals surface area contributed by atoms with Crippen molar-refractivity contribution < 1.29 is 9.47 Å². The second kappa shape index (κ2) is 11.7. The van der Waals surface area contributed by atoms with Gasteiger partial charge in [0.25, 0.3) is 0 Å². The highest BCUT2D eigenvalue weighted by Crippen LogP contribution is 2.28. The van der Waals surface area contributed by atoms with Crippen molar-refractivity contribution in [1.29, 1.82) is 0 Å². The molecular weight excluding hydrogens is 368 g/mol. The summed E-state index contributed by atoms with van der Waals surface area (Å²) in [5, 5.41) is 14.8. The van der Waals surface area contributed by atoms with Crippen molar-refractivity contribution in [3.8, 4) is 11.5 Å². The van der Waals surface area contributed by atoms with Crippen molar-refractivity contribution >= 4 is 5.96 Å². The van der Waals surface area contributed by atoms with Crippen molar-refractivity contribution in [2.45, 2.75) is 33.2 Å². The van der Waals surface area contributed by atoms with E-state index in [2.05, 4.69) is 38.5 Å². The van der Waals surface area contributed by atoms with Crippen molar-refractivity contribution in [2.75, 3.05) is 26.8 Å². The summed E-state index contributed by atoms with van der Waals surface area (Å²) >= 11 is 0. The molecule has 0 aliphatic rings. The molecule has 2 N–H and O–H groups in total. The lowest BCUT2D eigenvalue weighted by Crippen LogP contribution is -2.38. The standard InChI is InChI=1S/C21H32N6O2/c1-6-12-22-21(24-15-20-26-25-16(3)27(20)4)23-13-8-9-17-10-11-18(28-5)19(14-17)29-7-2/h6,10-11,14H,1,7-9,12-13,15H2,2-5H3,(H2,22,23,24). The number of aliphatic imine (C=N–C) groups is 1. The van der Waals surface area contributed by atoms with E-state index in [1.165, 1.54) is 5.56 Å². The zero-order valence-electron chi connectivity index (χ0n) is 17.9. The molecule has 0 aliphatic heterocycles. The molecule has 0 atom stereocenters. The van der Waals surface area contributed by atoms with E-state index < -0.39 is 0 Å². The number of aromatic nitrogens is 3. The highest BCUT2D eigenvalue weighted by Gasteiger charge is 2.07. The number of aryl methyl sites for hydroxylation is 2. The summed E-state index contributed by atoms with van der Waals surface area (Å²) in [4.78, 5) is 4.60. The second-order valence-electron chi connectivity index (χ2n) is 6.51. The monoisotopic (exact) mass is 400 g/mol. The molecule has 0 saturated carbocycles. The van der Waals surface area contributed by atoms with Crippen LogP contribution >= 0.6 is 0 Å². The van der Waals surface area contributed by atoms with Crippen LogP contribution in [0.5, 0.6) is 11.5 Å². The number of hydrogen-bond donors (Lipinski definition) is 2. The molecule has 0 aliphatic carbocycles. The zero-order valence-corrected chi connectivity index (χ0v) is 17.9. The number of nitrogens with zero attached hydrogens (tertiary/aromatic N) is 4. The first-order valence-corrected chi connectivity index (χ1v) is 9.86. The summed E-state index contributed by atoms with van der Waals surface area (Å²) in [6.07, 6.45) is 3.68. The van der Waals surface area contributed by atoms with Crippen molar-refractivity contribution in [3.05, 3.63) is 48.1 Å². The maximum Gasteiger partial charge on any atom is 0.191 e. The normalized spacial score (nSPS) is 11.2. The number of ether oxygens (including phenoxy) is 2. The van der Waals surface area contributed by atoms with E-state index >= 15 is 0 Å². The minimum Gasteiger partial charge on any atom is -0.493 e. The Bertz CT molecular complexity index is 815. The molecule has 0 spiro atoms. The van der Waals surface area contributed by atoms with E-state index in [1.807, 2.05) is 37.6 Å². The van der Waals surface area contributed by atoms with Crippen LogP contribution in [0, 0.1) is 6.92 Å². The molecule has 8 heteroatoms. The SMILES string of the molecule is C=CCNC(=NCc1nnc(C)n1C)NCCCc1ccc(OC)c(OCC)c1. The molecule has 0 radical (unpaired) electrons. The molecule has 2 aromatic rings. The number of methoxy groups -OCH3 is 1. The third kappa shape index (κ3) is 6.81. The fourth-order valence-corrected chi connectivity index (χ4v) is 2.73. The maximum atomic E-state index is 5.65. The Morgan fingerprint density at radius 1 is 1.28 bits per heavy atom. The average molecular weight is 401 g/mol. The van der Waals surface area contributed by atoms with Gasteiger partial charge in [-0.2, -0.15) is 0 Å². The summed E-state index contributed by atoms with van der Waals surface area (Å²) in [6, 6.07) is 6.07. The highest BCUT2D eigenvalue weighted by atomic mass is 16.5. The predicted molar refractivity (Wildman–Crippen MR) is 116 cm³/mol. The summed E-state index contributed by atoms with van der Waals surface area (Å²) in [5.41, 5.74) is 1.21. The summed E-state index contributed by atoms with van der Waals surface area (Å²) in [5.74, 6) is 3.97. The third-order valence-electron chi connectivity index (χ3n) is 4.44. The number of rotatable bonds is 11. The van der Waals surface area contributed by atoms with Crippen molar-refractivity contribution in [2.24, 2.45) is 12.0 Å². The first-order valence-electron chi connectivity index (χ1n) is 9.86. The van der Waals surface area contributed by atoms with E-state index in [-0.39, 0.29) is 0 Å². The van der Waals surface area contributed by atoms with Crippen LogP contribution < -0.4 is 20.1 Å². The number of nitrogens with one attached hydrogen (secondary N) is 2. The number of guanidine groups is 1. The predicted octanol–water partition coefficient (Wildman–Crippen LogP) is 2.38. The van der Waals surface area contributed by atoms with E-state index in [1.54, 1.807) is 13.2 Å². The Hall–Kier alpha value is -3.03. The Balaban J connectivity index is 1.89. The summed E-state index contributed by atoms with van der Waals surface area (Å²) in [6.45, 7) is 10.1. The van der Waals surface area contributed by atoms with Gasteiger partial charge in [-0.25, -0.2) is 4.99 Å².